The van der Waals surface area contributed by atoms with Gasteiger partial charge in [-0.2, -0.15) is 11.3 Å². The fourth-order valence-corrected chi connectivity index (χ4v) is 3.84. The monoisotopic (exact) mass is 437 g/mol. The first kappa shape index (κ1) is 14.2. The lowest BCUT2D eigenvalue weighted by molar-refractivity contribution is 0.983. The Bertz CT molecular complexity index is 556. The molecule has 18 heavy (non-hydrogen) atoms. The zero-order valence-corrected chi connectivity index (χ0v) is 14.7. The highest BCUT2D eigenvalue weighted by Crippen LogP contribution is 2.31. The largest absolute Gasteiger partial charge is 0.369 e. The summed E-state index contributed by atoms with van der Waals surface area (Å²) in [5.41, 5.74) is 2.15. The number of halogens is 2. The SMILES string of the molecule is CCNc1nc(-c2cscc2Br)nc(CC)c1I. The minimum Gasteiger partial charge on any atom is -0.369 e. The van der Waals surface area contributed by atoms with Crippen LogP contribution in [0.1, 0.15) is 19.5 Å². The van der Waals surface area contributed by atoms with E-state index in [4.69, 9.17) is 0 Å². The Morgan fingerprint density at radius 3 is 2.67 bits per heavy atom. The summed E-state index contributed by atoms with van der Waals surface area (Å²) >= 11 is 7.50. The summed E-state index contributed by atoms with van der Waals surface area (Å²) < 4.78 is 2.17. The Kier molecular flexibility index (Phi) is 4.97. The van der Waals surface area contributed by atoms with E-state index >= 15 is 0 Å². The molecule has 6 heteroatoms. The van der Waals surface area contributed by atoms with Gasteiger partial charge in [0.15, 0.2) is 5.82 Å². The van der Waals surface area contributed by atoms with E-state index in [-0.39, 0.29) is 0 Å². The van der Waals surface area contributed by atoms with E-state index < -0.39 is 0 Å². The molecule has 96 valence electrons. The quantitative estimate of drug-likeness (QED) is 0.712. The van der Waals surface area contributed by atoms with E-state index in [1.165, 1.54) is 0 Å². The van der Waals surface area contributed by atoms with Crippen molar-refractivity contribution in [1.29, 1.82) is 0 Å². The van der Waals surface area contributed by atoms with Crippen LogP contribution in [-0.4, -0.2) is 16.5 Å². The van der Waals surface area contributed by atoms with Crippen LogP contribution in [0, 0.1) is 3.57 Å². The molecule has 0 amide bonds. The fraction of sp³-hybridized carbons (Fsp3) is 0.333. The van der Waals surface area contributed by atoms with Gasteiger partial charge in [-0.25, -0.2) is 9.97 Å². The maximum atomic E-state index is 4.66. The van der Waals surface area contributed by atoms with E-state index in [1.807, 2.05) is 0 Å². The smallest absolute Gasteiger partial charge is 0.163 e. The van der Waals surface area contributed by atoms with E-state index in [1.54, 1.807) is 11.3 Å². The van der Waals surface area contributed by atoms with Crippen molar-refractivity contribution in [1.82, 2.24) is 9.97 Å². The number of nitrogens with one attached hydrogen (secondary N) is 1. The number of nitrogens with zero attached hydrogens (tertiary/aromatic N) is 2. The Balaban J connectivity index is 2.55. The van der Waals surface area contributed by atoms with E-state index in [0.29, 0.717) is 0 Å². The number of anilines is 1. The molecule has 0 radical (unpaired) electrons. The summed E-state index contributed by atoms with van der Waals surface area (Å²) in [5.74, 6) is 1.72. The van der Waals surface area contributed by atoms with Crippen LogP contribution >= 0.6 is 49.9 Å². The van der Waals surface area contributed by atoms with E-state index in [9.17, 15) is 0 Å². The van der Waals surface area contributed by atoms with Gasteiger partial charge < -0.3 is 5.32 Å². The highest BCUT2D eigenvalue weighted by molar-refractivity contribution is 14.1. The first-order valence-corrected chi connectivity index (χ1v) is 8.51. The molecule has 2 rings (SSSR count). The Hall–Kier alpha value is -0.210. The number of aryl methyl sites for hydroxylation is 1. The topological polar surface area (TPSA) is 37.8 Å². The van der Waals surface area contributed by atoms with Gasteiger partial charge in [0.2, 0.25) is 0 Å². The predicted molar refractivity (Wildman–Crippen MR) is 89.3 cm³/mol. The van der Waals surface area contributed by atoms with Crippen molar-refractivity contribution >= 4 is 55.7 Å². The molecule has 0 fully saturated rings. The molecule has 0 saturated heterocycles. The molecule has 0 aromatic carbocycles. The van der Waals surface area contributed by atoms with Crippen LogP contribution < -0.4 is 5.32 Å². The average Bonchev–Trinajstić information content (AvgIpc) is 2.78. The Morgan fingerprint density at radius 2 is 2.11 bits per heavy atom. The third kappa shape index (κ3) is 2.85. The molecule has 0 atom stereocenters. The number of thiophene rings is 1. The van der Waals surface area contributed by atoms with Gasteiger partial charge >= 0.3 is 0 Å². The molecular formula is C12H13BrIN3S. The maximum absolute atomic E-state index is 4.66. The van der Waals surface area contributed by atoms with Gasteiger partial charge in [0, 0.05) is 27.3 Å². The number of aromatic nitrogens is 2. The number of hydrogen-bond donors (Lipinski definition) is 1. The van der Waals surface area contributed by atoms with Crippen molar-refractivity contribution in [2.75, 3.05) is 11.9 Å². The van der Waals surface area contributed by atoms with Crippen LogP contribution in [0.4, 0.5) is 5.82 Å². The molecule has 2 aromatic heterocycles. The molecule has 0 saturated carbocycles. The molecule has 0 spiro atoms. The van der Waals surface area contributed by atoms with Crippen LogP contribution in [0.5, 0.6) is 0 Å². The summed E-state index contributed by atoms with van der Waals surface area (Å²) in [5, 5.41) is 7.42. The summed E-state index contributed by atoms with van der Waals surface area (Å²) in [6.07, 6.45) is 0.911. The molecule has 0 aliphatic heterocycles. The van der Waals surface area contributed by atoms with Crippen LogP contribution in [-0.2, 0) is 6.42 Å². The van der Waals surface area contributed by atoms with Crippen molar-refractivity contribution in [2.24, 2.45) is 0 Å². The highest BCUT2D eigenvalue weighted by atomic mass is 127. The van der Waals surface area contributed by atoms with Crippen molar-refractivity contribution in [3.8, 4) is 11.4 Å². The number of rotatable bonds is 4. The molecule has 2 aromatic rings. The molecule has 1 N–H and O–H groups in total. The lowest BCUT2D eigenvalue weighted by Gasteiger charge is -2.11. The van der Waals surface area contributed by atoms with Crippen LogP contribution in [0.25, 0.3) is 11.4 Å². The standard InChI is InChI=1S/C12H13BrIN3S/c1-3-9-10(14)12(15-4-2)17-11(16-9)7-5-18-6-8(7)13/h5-6H,3-4H2,1-2H3,(H,15,16,17). The first-order chi connectivity index (χ1) is 8.67. The van der Waals surface area contributed by atoms with Gasteiger partial charge in [-0.1, -0.05) is 6.92 Å². The van der Waals surface area contributed by atoms with Crippen molar-refractivity contribution in [3.05, 3.63) is 24.5 Å². The lowest BCUT2D eigenvalue weighted by Crippen LogP contribution is -2.07. The lowest BCUT2D eigenvalue weighted by atomic mass is 10.2. The molecule has 0 unspecified atom stereocenters. The minimum absolute atomic E-state index is 0.788. The maximum Gasteiger partial charge on any atom is 0.163 e. The molecular weight excluding hydrogens is 425 g/mol. The minimum atomic E-state index is 0.788. The highest BCUT2D eigenvalue weighted by Gasteiger charge is 2.14. The first-order valence-electron chi connectivity index (χ1n) is 5.69. The van der Waals surface area contributed by atoms with Crippen molar-refractivity contribution < 1.29 is 0 Å². The van der Waals surface area contributed by atoms with E-state index in [0.717, 1.165) is 43.9 Å². The summed E-state index contributed by atoms with van der Waals surface area (Å²) in [7, 11) is 0. The average molecular weight is 438 g/mol. The van der Waals surface area contributed by atoms with Crippen molar-refractivity contribution in [2.45, 2.75) is 20.3 Å². The van der Waals surface area contributed by atoms with Gasteiger partial charge in [-0.15, -0.1) is 0 Å². The van der Waals surface area contributed by atoms with Crippen molar-refractivity contribution in [3.63, 3.8) is 0 Å². The zero-order valence-electron chi connectivity index (χ0n) is 10.1. The third-order valence-corrected chi connectivity index (χ3v) is 5.29. The molecule has 0 aliphatic rings. The van der Waals surface area contributed by atoms with Gasteiger partial charge in [-0.05, 0) is 51.9 Å². The molecule has 3 nitrogen and oxygen atoms in total. The van der Waals surface area contributed by atoms with Gasteiger partial charge in [0.05, 0.1) is 9.26 Å². The number of hydrogen-bond acceptors (Lipinski definition) is 4. The van der Waals surface area contributed by atoms with Gasteiger partial charge in [0.25, 0.3) is 0 Å². The van der Waals surface area contributed by atoms with Gasteiger partial charge in [-0.3, -0.25) is 0 Å². The Labute approximate surface area is 133 Å². The summed E-state index contributed by atoms with van der Waals surface area (Å²) in [6.45, 7) is 5.05. The second kappa shape index (κ2) is 6.29. The molecule has 0 bridgehead atoms. The predicted octanol–water partition coefficient (Wildman–Crippen LogP) is 4.57. The van der Waals surface area contributed by atoms with Crippen LogP contribution in [0.15, 0.2) is 15.2 Å². The normalized spacial score (nSPS) is 10.7. The van der Waals surface area contributed by atoms with Crippen LogP contribution in [0.2, 0.25) is 0 Å². The van der Waals surface area contributed by atoms with Crippen LogP contribution in [0.3, 0.4) is 0 Å². The van der Waals surface area contributed by atoms with E-state index in [2.05, 4.69) is 78.4 Å². The second-order valence-electron chi connectivity index (χ2n) is 3.67. The zero-order chi connectivity index (χ0) is 13.1. The summed E-state index contributed by atoms with van der Waals surface area (Å²) in [4.78, 5) is 9.28. The third-order valence-electron chi connectivity index (χ3n) is 2.45. The summed E-state index contributed by atoms with van der Waals surface area (Å²) in [6, 6.07) is 0. The fourth-order valence-electron chi connectivity index (χ4n) is 1.57. The molecule has 0 aliphatic carbocycles. The molecule has 2 heterocycles. The van der Waals surface area contributed by atoms with Gasteiger partial charge in [0.1, 0.15) is 5.82 Å². The Morgan fingerprint density at radius 1 is 1.33 bits per heavy atom. The second-order valence-corrected chi connectivity index (χ2v) is 6.35.